The van der Waals surface area contributed by atoms with Crippen LogP contribution in [0.5, 0.6) is 0 Å². The SMILES string of the molecule is O[C@H](CS)[C@H](O)CS.S.S. The van der Waals surface area contributed by atoms with Crippen LogP contribution in [0.1, 0.15) is 0 Å². The van der Waals surface area contributed by atoms with Crippen molar-refractivity contribution >= 4 is 52.2 Å². The Balaban J connectivity index is -0.000000245. The quantitative estimate of drug-likeness (QED) is 0.499. The fourth-order valence-corrected chi connectivity index (χ4v) is 0.730. The maximum absolute atomic E-state index is 8.75. The summed E-state index contributed by atoms with van der Waals surface area (Å²) in [5.41, 5.74) is 0. The predicted molar refractivity (Wildman–Crippen MR) is 60.5 cm³/mol. The van der Waals surface area contributed by atoms with E-state index in [0.29, 0.717) is 0 Å². The average Bonchev–Trinajstić information content (AvgIpc) is 1.84. The summed E-state index contributed by atoms with van der Waals surface area (Å²) in [7, 11) is 0. The van der Waals surface area contributed by atoms with Crippen LogP contribution in [0, 0.1) is 0 Å². The van der Waals surface area contributed by atoms with E-state index in [2.05, 4.69) is 25.3 Å². The summed E-state index contributed by atoms with van der Waals surface area (Å²) in [6, 6.07) is 0. The van der Waals surface area contributed by atoms with Gasteiger partial charge in [-0.05, 0) is 0 Å². The van der Waals surface area contributed by atoms with Crippen molar-refractivity contribution in [1.29, 1.82) is 0 Å². The van der Waals surface area contributed by atoms with Gasteiger partial charge in [-0.25, -0.2) is 0 Å². The molecule has 10 heavy (non-hydrogen) atoms. The molecule has 66 valence electrons. The van der Waals surface area contributed by atoms with Gasteiger partial charge in [0.15, 0.2) is 0 Å². The van der Waals surface area contributed by atoms with Gasteiger partial charge >= 0.3 is 0 Å². The number of aliphatic hydroxyl groups is 2. The lowest BCUT2D eigenvalue weighted by Crippen LogP contribution is -2.28. The Labute approximate surface area is 86.1 Å². The molecular formula is C4H14O2S4. The minimum atomic E-state index is -0.740. The summed E-state index contributed by atoms with van der Waals surface area (Å²) in [6.45, 7) is 0. The van der Waals surface area contributed by atoms with Crippen LogP contribution in [0.15, 0.2) is 0 Å². The first kappa shape index (κ1) is 17.4. The summed E-state index contributed by atoms with van der Waals surface area (Å²) in [5.74, 6) is 0.559. The van der Waals surface area contributed by atoms with Gasteiger partial charge < -0.3 is 10.2 Å². The maximum atomic E-state index is 8.75. The van der Waals surface area contributed by atoms with Crippen LogP contribution in [0.3, 0.4) is 0 Å². The average molecular weight is 222 g/mol. The number of rotatable bonds is 3. The summed E-state index contributed by atoms with van der Waals surface area (Å²) in [6.07, 6.45) is -1.48. The van der Waals surface area contributed by atoms with E-state index >= 15 is 0 Å². The minimum absolute atomic E-state index is 0. The van der Waals surface area contributed by atoms with Crippen LogP contribution in [0.2, 0.25) is 0 Å². The molecule has 0 bridgehead atoms. The molecule has 0 saturated heterocycles. The van der Waals surface area contributed by atoms with Gasteiger partial charge in [0.1, 0.15) is 0 Å². The molecule has 0 aromatic heterocycles. The summed E-state index contributed by atoms with van der Waals surface area (Å²) in [4.78, 5) is 0. The Kier molecular flexibility index (Phi) is 18.0. The first-order valence-corrected chi connectivity index (χ1v) is 3.56. The third-order valence-corrected chi connectivity index (χ3v) is 1.57. The van der Waals surface area contributed by atoms with Gasteiger partial charge in [-0.2, -0.15) is 52.2 Å². The molecule has 0 amide bonds. The first-order valence-electron chi connectivity index (χ1n) is 2.30. The van der Waals surface area contributed by atoms with Crippen LogP contribution in [0.25, 0.3) is 0 Å². The lowest BCUT2D eigenvalue weighted by Gasteiger charge is -2.11. The van der Waals surface area contributed by atoms with E-state index in [1.807, 2.05) is 0 Å². The number of thiol groups is 2. The molecule has 2 nitrogen and oxygen atoms in total. The molecule has 0 saturated carbocycles. The van der Waals surface area contributed by atoms with Crippen molar-refractivity contribution < 1.29 is 10.2 Å². The van der Waals surface area contributed by atoms with Crippen LogP contribution in [-0.4, -0.2) is 33.9 Å². The molecule has 0 aliphatic heterocycles. The van der Waals surface area contributed by atoms with Crippen LogP contribution in [0.4, 0.5) is 0 Å². The van der Waals surface area contributed by atoms with E-state index in [-0.39, 0.29) is 38.5 Å². The molecule has 2 N–H and O–H groups in total. The molecule has 0 unspecified atom stereocenters. The highest BCUT2D eigenvalue weighted by Crippen LogP contribution is 1.96. The van der Waals surface area contributed by atoms with Gasteiger partial charge in [-0.3, -0.25) is 0 Å². The second-order valence-corrected chi connectivity index (χ2v) is 2.23. The molecule has 0 heterocycles. The lowest BCUT2D eigenvalue weighted by molar-refractivity contribution is 0.0504. The lowest BCUT2D eigenvalue weighted by atomic mass is 10.3. The Morgan fingerprint density at radius 2 is 1.10 bits per heavy atom. The molecule has 0 aliphatic carbocycles. The van der Waals surface area contributed by atoms with E-state index in [1.54, 1.807) is 0 Å². The molecule has 0 aliphatic rings. The van der Waals surface area contributed by atoms with Crippen molar-refractivity contribution in [3.05, 3.63) is 0 Å². The molecule has 0 spiro atoms. The number of hydrogen-bond donors (Lipinski definition) is 4. The van der Waals surface area contributed by atoms with Gasteiger partial charge in [0.2, 0.25) is 0 Å². The van der Waals surface area contributed by atoms with Gasteiger partial charge in [0.05, 0.1) is 12.2 Å². The molecule has 6 heteroatoms. The van der Waals surface area contributed by atoms with Crippen LogP contribution in [-0.2, 0) is 0 Å². The highest BCUT2D eigenvalue weighted by molar-refractivity contribution is 7.80. The van der Waals surface area contributed by atoms with Crippen molar-refractivity contribution in [1.82, 2.24) is 0 Å². The van der Waals surface area contributed by atoms with E-state index in [9.17, 15) is 0 Å². The zero-order valence-electron chi connectivity index (χ0n) is 5.36. The van der Waals surface area contributed by atoms with Crippen molar-refractivity contribution in [2.45, 2.75) is 12.2 Å². The number of aliphatic hydroxyl groups excluding tert-OH is 2. The van der Waals surface area contributed by atoms with E-state index in [1.165, 1.54) is 0 Å². The largest absolute Gasteiger partial charge is 0.390 e. The van der Waals surface area contributed by atoms with Gasteiger partial charge in [-0.15, -0.1) is 0 Å². The summed E-state index contributed by atoms with van der Waals surface area (Å²) < 4.78 is 0. The molecule has 0 aromatic carbocycles. The molecule has 0 aromatic rings. The van der Waals surface area contributed by atoms with E-state index < -0.39 is 12.2 Å². The standard InChI is InChI=1S/C4H10O2S2.2H2S/c5-3(1-7)4(6)2-8;;/h3-8H,1-2H2;2*1H2/t3-,4-;;/m1../s1. The Bertz CT molecular complexity index is 55.2. The molecular weight excluding hydrogens is 208 g/mol. The highest BCUT2D eigenvalue weighted by atomic mass is 32.1. The molecule has 0 rings (SSSR count). The van der Waals surface area contributed by atoms with Crippen molar-refractivity contribution in [2.24, 2.45) is 0 Å². The van der Waals surface area contributed by atoms with E-state index in [4.69, 9.17) is 10.2 Å². The fourth-order valence-electron chi connectivity index (χ4n) is 0.243. The monoisotopic (exact) mass is 222 g/mol. The van der Waals surface area contributed by atoms with Gasteiger partial charge in [-0.1, -0.05) is 0 Å². The summed E-state index contributed by atoms with van der Waals surface area (Å²) in [5, 5.41) is 17.5. The third-order valence-electron chi connectivity index (χ3n) is 0.818. The Hall–Kier alpha value is 1.32. The topological polar surface area (TPSA) is 40.5 Å². The number of hydrogen-bond acceptors (Lipinski definition) is 4. The first-order chi connectivity index (χ1) is 3.72. The molecule has 0 fully saturated rings. The molecule has 2 atom stereocenters. The van der Waals surface area contributed by atoms with Crippen molar-refractivity contribution in [3.63, 3.8) is 0 Å². The zero-order chi connectivity index (χ0) is 6.57. The van der Waals surface area contributed by atoms with Crippen LogP contribution >= 0.6 is 52.2 Å². The highest BCUT2D eigenvalue weighted by Gasteiger charge is 2.10. The second kappa shape index (κ2) is 10.3. The zero-order valence-corrected chi connectivity index (χ0v) is 9.15. The maximum Gasteiger partial charge on any atom is 0.0894 e. The fraction of sp³-hybridized carbons (Fsp3) is 1.00. The Morgan fingerprint density at radius 3 is 1.20 bits per heavy atom. The van der Waals surface area contributed by atoms with Crippen LogP contribution < -0.4 is 0 Å². The normalized spacial score (nSPS) is 14.4. The van der Waals surface area contributed by atoms with Gasteiger partial charge in [0.25, 0.3) is 0 Å². The van der Waals surface area contributed by atoms with Crippen molar-refractivity contribution in [2.75, 3.05) is 11.5 Å². The summed E-state index contributed by atoms with van der Waals surface area (Å²) >= 11 is 7.53. The van der Waals surface area contributed by atoms with Crippen molar-refractivity contribution in [3.8, 4) is 0 Å². The second-order valence-electron chi connectivity index (χ2n) is 1.50. The predicted octanol–water partition coefficient (Wildman–Crippen LogP) is -0.207. The molecule has 0 radical (unpaired) electrons. The van der Waals surface area contributed by atoms with E-state index in [0.717, 1.165) is 0 Å². The Morgan fingerprint density at radius 1 is 0.900 bits per heavy atom. The van der Waals surface area contributed by atoms with Gasteiger partial charge in [0, 0.05) is 11.5 Å². The smallest absolute Gasteiger partial charge is 0.0894 e. The minimum Gasteiger partial charge on any atom is -0.390 e. The third kappa shape index (κ3) is 7.43.